The molecular formula is C17H15ClN4O2. The van der Waals surface area contributed by atoms with Crippen LogP contribution in [0.25, 0.3) is 16.8 Å². The van der Waals surface area contributed by atoms with Gasteiger partial charge in [-0.2, -0.15) is 4.68 Å². The van der Waals surface area contributed by atoms with Crippen molar-refractivity contribution in [3.8, 4) is 16.8 Å². The molecule has 1 aromatic heterocycles. The van der Waals surface area contributed by atoms with Crippen LogP contribution in [0.1, 0.15) is 35.9 Å². The second kappa shape index (κ2) is 6.41. The molecule has 2 aromatic carbocycles. The minimum atomic E-state index is -1.01. The maximum atomic E-state index is 11.5. The van der Waals surface area contributed by atoms with Gasteiger partial charge in [-0.3, -0.25) is 0 Å². The average molecular weight is 343 g/mol. The molecule has 1 N–H and O–H groups in total. The molecule has 0 unspecified atom stereocenters. The molecule has 0 aliphatic rings. The summed E-state index contributed by atoms with van der Waals surface area (Å²) < 4.78 is 1.57. The fourth-order valence-corrected chi connectivity index (χ4v) is 2.53. The van der Waals surface area contributed by atoms with Crippen molar-refractivity contribution >= 4 is 17.6 Å². The largest absolute Gasteiger partial charge is 0.478 e. The van der Waals surface area contributed by atoms with E-state index < -0.39 is 5.97 Å². The monoisotopic (exact) mass is 342 g/mol. The Morgan fingerprint density at radius 1 is 1.12 bits per heavy atom. The van der Waals surface area contributed by atoms with E-state index in [2.05, 4.69) is 15.5 Å². The van der Waals surface area contributed by atoms with E-state index >= 15 is 0 Å². The number of carbonyl (C=O) groups is 1. The summed E-state index contributed by atoms with van der Waals surface area (Å²) in [5, 5.41) is 21.8. The highest BCUT2D eigenvalue weighted by Crippen LogP contribution is 2.26. The number of tetrazole rings is 1. The van der Waals surface area contributed by atoms with Crippen LogP contribution >= 0.6 is 11.6 Å². The van der Waals surface area contributed by atoms with Gasteiger partial charge in [-0.25, -0.2) is 4.79 Å². The minimum absolute atomic E-state index is 0.104. The molecule has 3 rings (SSSR count). The second-order valence-corrected chi connectivity index (χ2v) is 6.12. The fraction of sp³-hybridized carbons (Fsp3) is 0.176. The Bertz CT molecular complexity index is 888. The first-order valence-electron chi connectivity index (χ1n) is 7.38. The smallest absolute Gasteiger partial charge is 0.335 e. The highest BCUT2D eigenvalue weighted by atomic mass is 35.5. The molecule has 6 nitrogen and oxygen atoms in total. The molecular weight excluding hydrogens is 328 g/mol. The van der Waals surface area contributed by atoms with Gasteiger partial charge in [0.2, 0.25) is 0 Å². The number of carboxylic acids is 1. The van der Waals surface area contributed by atoms with Crippen molar-refractivity contribution in [2.24, 2.45) is 0 Å². The van der Waals surface area contributed by atoms with Crippen molar-refractivity contribution in [2.75, 3.05) is 0 Å². The fourth-order valence-electron chi connectivity index (χ4n) is 2.40. The van der Waals surface area contributed by atoms with Crippen LogP contribution < -0.4 is 0 Å². The molecule has 122 valence electrons. The topological polar surface area (TPSA) is 80.9 Å². The number of aromatic nitrogens is 4. The first-order chi connectivity index (χ1) is 11.5. The number of rotatable bonds is 4. The molecule has 0 bridgehead atoms. The normalized spacial score (nSPS) is 11.0. The van der Waals surface area contributed by atoms with E-state index in [1.54, 1.807) is 28.9 Å². The van der Waals surface area contributed by atoms with Crippen LogP contribution in [0.3, 0.4) is 0 Å². The lowest BCUT2D eigenvalue weighted by atomic mass is 10.0. The Kier molecular flexibility index (Phi) is 4.31. The standard InChI is InChI=1S/C17H15ClN4O2/c1-10(2)16-19-20-21-22(16)15-8-12(7-13(9-15)17(23)24)11-3-5-14(18)6-4-11/h3-10H,1-2H3,(H,23,24). The van der Waals surface area contributed by atoms with Crippen LogP contribution in [-0.2, 0) is 0 Å². The Morgan fingerprint density at radius 3 is 2.46 bits per heavy atom. The quantitative estimate of drug-likeness (QED) is 0.779. The van der Waals surface area contributed by atoms with Crippen LogP contribution in [0.5, 0.6) is 0 Å². The molecule has 0 spiro atoms. The van der Waals surface area contributed by atoms with Gasteiger partial charge < -0.3 is 5.11 Å². The van der Waals surface area contributed by atoms with Crippen molar-refractivity contribution < 1.29 is 9.90 Å². The second-order valence-electron chi connectivity index (χ2n) is 5.68. The van der Waals surface area contributed by atoms with Gasteiger partial charge in [0.25, 0.3) is 0 Å². The highest BCUT2D eigenvalue weighted by Gasteiger charge is 2.15. The summed E-state index contributed by atoms with van der Waals surface area (Å²) in [5.41, 5.74) is 2.39. The van der Waals surface area contributed by atoms with Crippen LogP contribution in [0.4, 0.5) is 0 Å². The van der Waals surface area contributed by atoms with Gasteiger partial charge in [-0.1, -0.05) is 37.6 Å². The number of carboxylic acid groups (broad SMARTS) is 1. The van der Waals surface area contributed by atoms with Gasteiger partial charge >= 0.3 is 5.97 Å². The number of nitrogens with zero attached hydrogens (tertiary/aromatic N) is 4. The van der Waals surface area contributed by atoms with E-state index in [0.29, 0.717) is 16.5 Å². The minimum Gasteiger partial charge on any atom is -0.478 e. The van der Waals surface area contributed by atoms with Crippen molar-refractivity contribution in [1.82, 2.24) is 20.2 Å². The molecule has 0 saturated heterocycles. The maximum absolute atomic E-state index is 11.5. The molecule has 0 amide bonds. The Balaban J connectivity index is 2.18. The summed E-state index contributed by atoms with van der Waals surface area (Å²) in [6.45, 7) is 3.95. The molecule has 0 saturated carbocycles. The van der Waals surface area contributed by atoms with Gasteiger partial charge in [-0.05, 0) is 51.9 Å². The molecule has 0 fully saturated rings. The number of aromatic carboxylic acids is 1. The molecule has 0 atom stereocenters. The molecule has 1 heterocycles. The Morgan fingerprint density at radius 2 is 1.83 bits per heavy atom. The summed E-state index contributed by atoms with van der Waals surface area (Å²) in [6, 6.07) is 12.3. The summed E-state index contributed by atoms with van der Waals surface area (Å²) in [6.07, 6.45) is 0. The number of hydrogen-bond acceptors (Lipinski definition) is 4. The predicted molar refractivity (Wildman–Crippen MR) is 90.6 cm³/mol. The molecule has 0 radical (unpaired) electrons. The third-order valence-corrected chi connectivity index (χ3v) is 3.85. The van der Waals surface area contributed by atoms with Crippen LogP contribution in [0.2, 0.25) is 5.02 Å². The number of benzene rings is 2. The van der Waals surface area contributed by atoms with E-state index in [9.17, 15) is 9.90 Å². The molecule has 24 heavy (non-hydrogen) atoms. The molecule has 3 aromatic rings. The van der Waals surface area contributed by atoms with Gasteiger partial charge in [-0.15, -0.1) is 5.10 Å². The van der Waals surface area contributed by atoms with E-state index in [-0.39, 0.29) is 11.5 Å². The molecule has 0 aliphatic heterocycles. The SMILES string of the molecule is CC(C)c1nnnn1-c1cc(C(=O)O)cc(-c2ccc(Cl)cc2)c1. The predicted octanol–water partition coefficient (Wildman–Crippen LogP) is 3.80. The lowest BCUT2D eigenvalue weighted by Crippen LogP contribution is -2.07. The lowest BCUT2D eigenvalue weighted by molar-refractivity contribution is 0.0697. The summed E-state index contributed by atoms with van der Waals surface area (Å²) in [7, 11) is 0. The highest BCUT2D eigenvalue weighted by molar-refractivity contribution is 6.30. The van der Waals surface area contributed by atoms with E-state index in [1.807, 2.05) is 32.0 Å². The van der Waals surface area contributed by atoms with Gasteiger partial charge in [0.15, 0.2) is 5.82 Å². The van der Waals surface area contributed by atoms with E-state index in [1.165, 1.54) is 0 Å². The Labute approximate surface area is 143 Å². The Hall–Kier alpha value is -2.73. The zero-order valence-corrected chi connectivity index (χ0v) is 13.9. The number of hydrogen-bond donors (Lipinski definition) is 1. The summed E-state index contributed by atoms with van der Waals surface area (Å²) in [4.78, 5) is 11.5. The van der Waals surface area contributed by atoms with E-state index in [0.717, 1.165) is 11.1 Å². The van der Waals surface area contributed by atoms with Crippen molar-refractivity contribution in [2.45, 2.75) is 19.8 Å². The number of halogens is 1. The van der Waals surface area contributed by atoms with Crippen LogP contribution in [-0.4, -0.2) is 31.3 Å². The summed E-state index contributed by atoms with van der Waals surface area (Å²) >= 11 is 5.92. The third-order valence-electron chi connectivity index (χ3n) is 3.60. The first kappa shape index (κ1) is 16.1. The average Bonchev–Trinajstić information content (AvgIpc) is 3.05. The zero-order valence-electron chi connectivity index (χ0n) is 13.1. The van der Waals surface area contributed by atoms with Crippen molar-refractivity contribution in [3.05, 3.63) is 58.9 Å². The van der Waals surface area contributed by atoms with Crippen LogP contribution in [0, 0.1) is 0 Å². The van der Waals surface area contributed by atoms with Crippen molar-refractivity contribution in [1.29, 1.82) is 0 Å². The third kappa shape index (κ3) is 3.14. The van der Waals surface area contributed by atoms with Gasteiger partial charge in [0.05, 0.1) is 11.3 Å². The zero-order chi connectivity index (χ0) is 17.3. The lowest BCUT2D eigenvalue weighted by Gasteiger charge is -2.11. The van der Waals surface area contributed by atoms with Crippen LogP contribution in [0.15, 0.2) is 42.5 Å². The van der Waals surface area contributed by atoms with E-state index in [4.69, 9.17) is 11.6 Å². The maximum Gasteiger partial charge on any atom is 0.335 e. The first-order valence-corrected chi connectivity index (χ1v) is 7.76. The molecule has 0 aliphatic carbocycles. The molecule has 7 heteroatoms. The van der Waals surface area contributed by atoms with Crippen molar-refractivity contribution in [3.63, 3.8) is 0 Å². The summed E-state index contributed by atoms with van der Waals surface area (Å²) in [5.74, 6) is -0.238. The van der Waals surface area contributed by atoms with Gasteiger partial charge in [0.1, 0.15) is 0 Å². The van der Waals surface area contributed by atoms with Gasteiger partial charge in [0, 0.05) is 10.9 Å².